The Kier molecular flexibility index (Phi) is 7.10. The number of carbonyl (C=O) groups is 2. The van der Waals surface area contributed by atoms with Crippen LogP contribution in [0, 0.1) is 12.7 Å². The monoisotopic (exact) mass is 421 g/mol. The summed E-state index contributed by atoms with van der Waals surface area (Å²) in [6.07, 6.45) is 0. The number of halogens is 1. The molecule has 2 N–H and O–H groups in total. The van der Waals surface area contributed by atoms with Gasteiger partial charge in [-0.15, -0.1) is 0 Å². The van der Waals surface area contributed by atoms with Crippen LogP contribution in [0.1, 0.15) is 36.7 Å². The van der Waals surface area contributed by atoms with Crippen LogP contribution in [0.3, 0.4) is 0 Å². The summed E-state index contributed by atoms with van der Waals surface area (Å²) < 4.78 is 40.9. The summed E-state index contributed by atoms with van der Waals surface area (Å²) in [6.45, 7) is 7.01. The summed E-state index contributed by atoms with van der Waals surface area (Å²) in [5, 5.41) is 5.14. The van der Waals surface area contributed by atoms with E-state index < -0.39 is 27.3 Å². The molecule has 0 aromatic heterocycles. The minimum absolute atomic E-state index is 0.168. The average molecular weight is 421 g/mol. The molecule has 0 unspecified atom stereocenters. The molecule has 0 aliphatic rings. The Labute approximate surface area is 170 Å². The minimum Gasteiger partial charge on any atom is -0.325 e. The highest BCUT2D eigenvalue weighted by Crippen LogP contribution is 2.25. The van der Waals surface area contributed by atoms with Crippen LogP contribution in [0.15, 0.2) is 41.3 Å². The van der Waals surface area contributed by atoms with E-state index in [4.69, 9.17) is 0 Å². The summed E-state index contributed by atoms with van der Waals surface area (Å²) in [5.74, 6) is -2.01. The van der Waals surface area contributed by atoms with Crippen LogP contribution in [0.25, 0.3) is 0 Å². The highest BCUT2D eigenvalue weighted by Gasteiger charge is 2.24. The molecule has 0 saturated heterocycles. The Balaban J connectivity index is 2.43. The summed E-state index contributed by atoms with van der Waals surface area (Å²) in [6, 6.07) is 8.10. The molecular weight excluding hydrogens is 397 g/mol. The van der Waals surface area contributed by atoms with E-state index in [9.17, 15) is 22.4 Å². The van der Waals surface area contributed by atoms with Crippen LogP contribution >= 0.6 is 0 Å². The Morgan fingerprint density at radius 1 is 1.00 bits per heavy atom. The summed E-state index contributed by atoms with van der Waals surface area (Å²) in [5.41, 5.74) is 1.03. The van der Waals surface area contributed by atoms with Crippen molar-refractivity contribution in [1.29, 1.82) is 0 Å². The van der Waals surface area contributed by atoms with E-state index in [1.165, 1.54) is 11.2 Å². The van der Waals surface area contributed by atoms with Crippen molar-refractivity contribution in [1.82, 2.24) is 4.31 Å². The molecule has 0 saturated carbocycles. The van der Waals surface area contributed by atoms with Crippen LogP contribution in [0.5, 0.6) is 0 Å². The quantitative estimate of drug-likeness (QED) is 0.716. The van der Waals surface area contributed by atoms with Gasteiger partial charge in [0.05, 0.1) is 21.8 Å². The van der Waals surface area contributed by atoms with Crippen LogP contribution in [0.4, 0.5) is 15.8 Å². The SMILES string of the molecule is CCN(CC)S(=O)(=O)c1ccc(F)c(C(=O)Nc2cc(C)ccc2NC(C)=O)c1. The van der Waals surface area contributed by atoms with E-state index in [1.54, 1.807) is 39.0 Å². The van der Waals surface area contributed by atoms with Crippen molar-refractivity contribution < 1.29 is 22.4 Å². The highest BCUT2D eigenvalue weighted by atomic mass is 32.2. The van der Waals surface area contributed by atoms with Gasteiger partial charge in [-0.1, -0.05) is 19.9 Å². The molecule has 2 aromatic carbocycles. The van der Waals surface area contributed by atoms with Crippen LogP contribution in [-0.4, -0.2) is 37.6 Å². The molecule has 29 heavy (non-hydrogen) atoms. The number of carbonyl (C=O) groups excluding carboxylic acids is 2. The van der Waals surface area contributed by atoms with E-state index >= 15 is 0 Å². The first kappa shape index (κ1) is 22.5. The summed E-state index contributed by atoms with van der Waals surface area (Å²) in [4.78, 5) is 23.9. The molecule has 0 radical (unpaired) electrons. The third-order valence-corrected chi connectivity index (χ3v) is 6.31. The third-order valence-electron chi connectivity index (χ3n) is 4.26. The maximum atomic E-state index is 14.3. The molecule has 0 fully saturated rings. The Morgan fingerprint density at radius 2 is 1.66 bits per heavy atom. The smallest absolute Gasteiger partial charge is 0.258 e. The molecule has 0 bridgehead atoms. The molecule has 7 nitrogen and oxygen atoms in total. The number of nitrogens with one attached hydrogen (secondary N) is 2. The van der Waals surface area contributed by atoms with Gasteiger partial charge in [0.15, 0.2) is 0 Å². The maximum absolute atomic E-state index is 14.3. The van der Waals surface area contributed by atoms with Gasteiger partial charge in [-0.05, 0) is 42.8 Å². The normalized spacial score (nSPS) is 11.4. The van der Waals surface area contributed by atoms with E-state index in [0.29, 0.717) is 5.69 Å². The van der Waals surface area contributed by atoms with Crippen molar-refractivity contribution in [2.45, 2.75) is 32.6 Å². The van der Waals surface area contributed by atoms with Crippen molar-refractivity contribution >= 4 is 33.2 Å². The zero-order chi connectivity index (χ0) is 21.8. The molecule has 2 amide bonds. The highest BCUT2D eigenvalue weighted by molar-refractivity contribution is 7.89. The number of hydrogen-bond acceptors (Lipinski definition) is 4. The number of aryl methyl sites for hydroxylation is 1. The van der Waals surface area contributed by atoms with Gasteiger partial charge in [-0.3, -0.25) is 9.59 Å². The lowest BCUT2D eigenvalue weighted by molar-refractivity contribution is -0.114. The predicted octanol–water partition coefficient (Wildman–Crippen LogP) is 3.38. The molecule has 0 aliphatic carbocycles. The van der Waals surface area contributed by atoms with Gasteiger partial charge in [-0.2, -0.15) is 4.31 Å². The van der Waals surface area contributed by atoms with E-state index in [0.717, 1.165) is 23.8 Å². The first-order valence-corrected chi connectivity index (χ1v) is 10.5. The second kappa shape index (κ2) is 9.15. The fourth-order valence-electron chi connectivity index (χ4n) is 2.80. The zero-order valence-electron chi connectivity index (χ0n) is 16.7. The first-order chi connectivity index (χ1) is 13.6. The van der Waals surface area contributed by atoms with Crippen LogP contribution in [-0.2, 0) is 14.8 Å². The summed E-state index contributed by atoms with van der Waals surface area (Å²) >= 11 is 0. The number of rotatable bonds is 7. The van der Waals surface area contributed by atoms with Gasteiger partial charge < -0.3 is 10.6 Å². The molecular formula is C20H24FN3O4S. The average Bonchev–Trinajstić information content (AvgIpc) is 2.64. The number of hydrogen-bond donors (Lipinski definition) is 2. The standard InChI is InChI=1S/C20H24FN3O4S/c1-5-24(6-2)29(27,28)15-8-9-17(21)16(12-15)20(26)23-19-11-13(3)7-10-18(19)22-14(4)25/h7-12H,5-6H2,1-4H3,(H,22,25)(H,23,26). The topological polar surface area (TPSA) is 95.6 Å². The van der Waals surface area contributed by atoms with E-state index in [-0.39, 0.29) is 29.6 Å². The number of amides is 2. The van der Waals surface area contributed by atoms with Gasteiger partial charge in [0.2, 0.25) is 15.9 Å². The lowest BCUT2D eigenvalue weighted by atomic mass is 10.1. The maximum Gasteiger partial charge on any atom is 0.258 e. The second-order valence-corrected chi connectivity index (χ2v) is 8.35. The second-order valence-electron chi connectivity index (χ2n) is 6.42. The first-order valence-electron chi connectivity index (χ1n) is 9.09. The van der Waals surface area contributed by atoms with Crippen LogP contribution < -0.4 is 10.6 Å². The lowest BCUT2D eigenvalue weighted by Crippen LogP contribution is -2.31. The molecule has 0 spiro atoms. The minimum atomic E-state index is -3.85. The zero-order valence-corrected chi connectivity index (χ0v) is 17.6. The Hall–Kier alpha value is -2.78. The number of nitrogens with zero attached hydrogens (tertiary/aromatic N) is 1. The fraction of sp³-hybridized carbons (Fsp3) is 0.300. The largest absolute Gasteiger partial charge is 0.325 e. The van der Waals surface area contributed by atoms with Crippen molar-refractivity contribution in [3.05, 3.63) is 53.3 Å². The number of sulfonamides is 1. The fourth-order valence-corrected chi connectivity index (χ4v) is 4.29. The molecule has 0 heterocycles. The van der Waals surface area contributed by atoms with Crippen LogP contribution in [0.2, 0.25) is 0 Å². The van der Waals surface area contributed by atoms with Gasteiger partial charge in [-0.25, -0.2) is 12.8 Å². The predicted molar refractivity (Wildman–Crippen MR) is 110 cm³/mol. The van der Waals surface area contributed by atoms with E-state index in [1.807, 2.05) is 0 Å². The number of anilines is 2. The van der Waals surface area contributed by atoms with Crippen molar-refractivity contribution in [2.75, 3.05) is 23.7 Å². The molecule has 2 aromatic rings. The van der Waals surface area contributed by atoms with Crippen molar-refractivity contribution in [3.8, 4) is 0 Å². The Bertz CT molecular complexity index is 1030. The van der Waals surface area contributed by atoms with Crippen molar-refractivity contribution in [3.63, 3.8) is 0 Å². The number of benzene rings is 2. The van der Waals surface area contributed by atoms with Gasteiger partial charge in [0.25, 0.3) is 5.91 Å². The van der Waals surface area contributed by atoms with E-state index in [2.05, 4.69) is 10.6 Å². The molecule has 156 valence electrons. The van der Waals surface area contributed by atoms with Gasteiger partial charge in [0, 0.05) is 20.0 Å². The molecule has 0 atom stereocenters. The molecule has 9 heteroatoms. The van der Waals surface area contributed by atoms with Gasteiger partial charge >= 0.3 is 0 Å². The van der Waals surface area contributed by atoms with Crippen molar-refractivity contribution in [2.24, 2.45) is 0 Å². The third kappa shape index (κ3) is 5.18. The molecule has 0 aliphatic heterocycles. The van der Waals surface area contributed by atoms with Gasteiger partial charge in [0.1, 0.15) is 5.82 Å². The molecule has 2 rings (SSSR count). The Morgan fingerprint density at radius 3 is 2.24 bits per heavy atom. The lowest BCUT2D eigenvalue weighted by Gasteiger charge is -2.19. The summed E-state index contributed by atoms with van der Waals surface area (Å²) in [7, 11) is -3.85.